The number of benzene rings is 2. The molecular weight excluding hydrogens is 398 g/mol. The molecule has 0 bridgehead atoms. The molecule has 0 saturated carbocycles. The van der Waals surface area contributed by atoms with Gasteiger partial charge in [-0.1, -0.05) is 67.6 Å². The van der Waals surface area contributed by atoms with E-state index in [0.717, 1.165) is 11.1 Å². The third kappa shape index (κ3) is 3.25. The lowest BCUT2D eigenvalue weighted by atomic mass is 9.73. The van der Waals surface area contributed by atoms with Crippen LogP contribution in [-0.2, 0) is 30.3 Å². The fourth-order valence-corrected chi connectivity index (χ4v) is 4.52. The zero-order chi connectivity index (χ0) is 22.1. The Morgan fingerprint density at radius 3 is 2.32 bits per heavy atom. The van der Waals surface area contributed by atoms with Gasteiger partial charge in [0.15, 0.2) is 5.54 Å². The summed E-state index contributed by atoms with van der Waals surface area (Å²) >= 11 is 0. The second-order valence-electron chi connectivity index (χ2n) is 7.62. The van der Waals surface area contributed by atoms with Gasteiger partial charge in [-0.2, -0.15) is 0 Å². The second kappa shape index (κ2) is 8.07. The zero-order valence-corrected chi connectivity index (χ0v) is 17.7. The molecule has 7 nitrogen and oxygen atoms in total. The number of hydrogen-bond acceptors (Lipinski definition) is 6. The highest BCUT2D eigenvalue weighted by Gasteiger charge is 2.72. The van der Waals surface area contributed by atoms with E-state index in [4.69, 9.17) is 18.9 Å². The molecule has 162 valence electrons. The van der Waals surface area contributed by atoms with Crippen molar-refractivity contribution in [2.24, 2.45) is 0 Å². The van der Waals surface area contributed by atoms with Gasteiger partial charge in [0.05, 0.1) is 13.7 Å². The van der Waals surface area contributed by atoms with Crippen LogP contribution < -0.4 is 0 Å². The molecule has 0 spiro atoms. The van der Waals surface area contributed by atoms with Crippen LogP contribution >= 0.6 is 0 Å². The lowest BCUT2D eigenvalue weighted by Crippen LogP contribution is -2.64. The minimum Gasteiger partial charge on any atom is -0.463 e. The molecule has 0 aliphatic carbocycles. The summed E-state index contributed by atoms with van der Waals surface area (Å²) in [6.07, 6.45) is 1.34. The van der Waals surface area contributed by atoms with E-state index in [-0.39, 0.29) is 18.1 Å². The maximum atomic E-state index is 13.2. The van der Waals surface area contributed by atoms with Gasteiger partial charge in [-0.25, -0.2) is 9.59 Å². The first-order valence-corrected chi connectivity index (χ1v) is 10.1. The topological polar surface area (TPSA) is 74.3 Å². The summed E-state index contributed by atoms with van der Waals surface area (Å²) in [6.45, 7) is 2.30. The lowest BCUT2D eigenvalue weighted by molar-refractivity contribution is -0.359. The minimum absolute atomic E-state index is 0.0467. The molecule has 1 amide bonds. The van der Waals surface area contributed by atoms with Crippen LogP contribution in [0.5, 0.6) is 0 Å². The highest BCUT2D eigenvalue weighted by atomic mass is 16.9. The normalized spacial score (nSPS) is 25.7. The van der Waals surface area contributed by atoms with Gasteiger partial charge in [-0.3, -0.25) is 4.90 Å². The molecule has 1 fully saturated rings. The molecule has 2 aromatic carbocycles. The average Bonchev–Trinajstić information content (AvgIpc) is 3.07. The number of esters is 1. The molecule has 2 heterocycles. The van der Waals surface area contributed by atoms with Gasteiger partial charge in [-0.05, 0) is 17.2 Å². The maximum Gasteiger partial charge on any atom is 0.416 e. The Morgan fingerprint density at radius 1 is 1.06 bits per heavy atom. The number of nitrogens with zero attached hydrogens (tertiary/aromatic N) is 1. The monoisotopic (exact) mass is 423 g/mol. The number of methoxy groups -OCH3 is 2. The molecule has 2 aliphatic rings. The van der Waals surface area contributed by atoms with Crippen LogP contribution in [0.25, 0.3) is 0 Å². The van der Waals surface area contributed by atoms with Crippen molar-refractivity contribution in [3.63, 3.8) is 0 Å². The first-order valence-electron chi connectivity index (χ1n) is 10.1. The van der Waals surface area contributed by atoms with Gasteiger partial charge in [0.1, 0.15) is 0 Å². The third-order valence-corrected chi connectivity index (χ3v) is 6.15. The van der Waals surface area contributed by atoms with Crippen molar-refractivity contribution in [2.75, 3.05) is 14.2 Å². The summed E-state index contributed by atoms with van der Waals surface area (Å²) in [5.41, 5.74) is 0.862. The molecule has 3 unspecified atom stereocenters. The molecule has 31 heavy (non-hydrogen) atoms. The van der Waals surface area contributed by atoms with Crippen molar-refractivity contribution in [2.45, 2.75) is 37.3 Å². The van der Waals surface area contributed by atoms with Crippen LogP contribution in [0.4, 0.5) is 4.79 Å². The zero-order valence-electron chi connectivity index (χ0n) is 17.7. The summed E-state index contributed by atoms with van der Waals surface area (Å²) in [6, 6.07) is 19.4. The van der Waals surface area contributed by atoms with Crippen molar-refractivity contribution >= 4 is 12.1 Å². The SMILES string of the molecule is COC(=O)C1=CCC2(C(C)c3ccccc3)N(Cc3ccccc3)C(=O)OC2(OC)O1. The van der Waals surface area contributed by atoms with Crippen LogP contribution in [-0.4, -0.2) is 42.7 Å². The molecule has 0 N–H and O–H groups in total. The summed E-state index contributed by atoms with van der Waals surface area (Å²) in [5, 5.41) is 0. The number of fused-ring (bicyclic) bond motifs is 1. The number of ether oxygens (including phenoxy) is 4. The van der Waals surface area contributed by atoms with E-state index < -0.39 is 23.6 Å². The van der Waals surface area contributed by atoms with Gasteiger partial charge >= 0.3 is 18.0 Å². The van der Waals surface area contributed by atoms with Gasteiger partial charge in [0, 0.05) is 19.4 Å². The first kappa shape index (κ1) is 20.9. The summed E-state index contributed by atoms with van der Waals surface area (Å²) < 4.78 is 22.3. The number of carbonyl (C=O) groups excluding carboxylic acids is 2. The molecule has 4 rings (SSSR count). The van der Waals surface area contributed by atoms with Crippen LogP contribution in [0.2, 0.25) is 0 Å². The summed E-state index contributed by atoms with van der Waals surface area (Å²) in [5.74, 6) is -2.77. The molecular formula is C24H25NO6. The molecule has 1 saturated heterocycles. The highest BCUT2D eigenvalue weighted by Crippen LogP contribution is 2.55. The largest absolute Gasteiger partial charge is 0.463 e. The molecule has 2 aliphatic heterocycles. The number of hydrogen-bond donors (Lipinski definition) is 0. The third-order valence-electron chi connectivity index (χ3n) is 6.15. The van der Waals surface area contributed by atoms with E-state index in [9.17, 15) is 9.59 Å². The van der Waals surface area contributed by atoms with E-state index in [2.05, 4.69) is 0 Å². The Hall–Kier alpha value is -3.32. The Bertz CT molecular complexity index is 992. The van der Waals surface area contributed by atoms with E-state index in [1.807, 2.05) is 67.6 Å². The molecule has 7 heteroatoms. The van der Waals surface area contributed by atoms with Crippen LogP contribution in [0, 0.1) is 0 Å². The predicted molar refractivity (Wildman–Crippen MR) is 112 cm³/mol. The van der Waals surface area contributed by atoms with Gasteiger partial charge < -0.3 is 18.9 Å². The summed E-state index contributed by atoms with van der Waals surface area (Å²) in [4.78, 5) is 27.0. The molecule has 2 aromatic rings. The average molecular weight is 423 g/mol. The van der Waals surface area contributed by atoms with Crippen LogP contribution in [0.1, 0.15) is 30.4 Å². The van der Waals surface area contributed by atoms with Crippen molar-refractivity contribution < 1.29 is 28.5 Å². The number of carbonyl (C=O) groups is 2. The van der Waals surface area contributed by atoms with Gasteiger partial charge in [0.2, 0.25) is 5.76 Å². The standard InChI is InChI=1S/C24H25NO6/c1-17(19-12-8-5-9-13-19)23-15-14-20(21(26)28-2)30-24(23,29-3)31-22(27)25(23)16-18-10-6-4-7-11-18/h4-14,17H,15-16H2,1-3H3. The fourth-order valence-electron chi connectivity index (χ4n) is 4.52. The second-order valence-corrected chi connectivity index (χ2v) is 7.62. The van der Waals surface area contributed by atoms with Gasteiger partial charge in [0.25, 0.3) is 0 Å². The number of amides is 1. The quantitative estimate of drug-likeness (QED) is 0.655. The molecule has 3 atom stereocenters. The van der Waals surface area contributed by atoms with Crippen LogP contribution in [0.3, 0.4) is 0 Å². The van der Waals surface area contributed by atoms with E-state index in [1.54, 1.807) is 11.0 Å². The van der Waals surface area contributed by atoms with Crippen molar-refractivity contribution in [3.8, 4) is 0 Å². The Kier molecular flexibility index (Phi) is 5.45. The van der Waals surface area contributed by atoms with Gasteiger partial charge in [-0.15, -0.1) is 0 Å². The van der Waals surface area contributed by atoms with Crippen LogP contribution in [0.15, 0.2) is 72.5 Å². The Balaban J connectivity index is 1.86. The Morgan fingerprint density at radius 2 is 1.71 bits per heavy atom. The highest BCUT2D eigenvalue weighted by molar-refractivity contribution is 5.86. The Labute approximate surface area is 181 Å². The van der Waals surface area contributed by atoms with Crippen molar-refractivity contribution in [1.82, 2.24) is 4.90 Å². The smallest absolute Gasteiger partial charge is 0.416 e. The molecule has 0 radical (unpaired) electrons. The van der Waals surface area contributed by atoms with E-state index >= 15 is 0 Å². The van der Waals surface area contributed by atoms with Crippen molar-refractivity contribution in [1.29, 1.82) is 0 Å². The number of rotatable bonds is 6. The lowest BCUT2D eigenvalue weighted by Gasteiger charge is -2.49. The van der Waals surface area contributed by atoms with Crippen molar-refractivity contribution in [3.05, 3.63) is 83.6 Å². The maximum absolute atomic E-state index is 13.2. The predicted octanol–water partition coefficient (Wildman–Crippen LogP) is 3.96. The van der Waals surface area contributed by atoms with E-state index in [1.165, 1.54) is 14.2 Å². The fraction of sp³-hybridized carbons (Fsp3) is 0.333. The van der Waals surface area contributed by atoms with E-state index in [0.29, 0.717) is 6.54 Å². The summed E-state index contributed by atoms with van der Waals surface area (Å²) in [7, 11) is 2.68. The molecule has 0 aromatic heterocycles. The minimum atomic E-state index is -1.81. The first-order chi connectivity index (χ1) is 15.0.